The average Bonchev–Trinajstić information content (AvgIpc) is 2.93. The third-order valence-electron chi connectivity index (χ3n) is 4.48. The molecule has 0 N–H and O–H groups in total. The van der Waals surface area contributed by atoms with Gasteiger partial charge in [0.15, 0.2) is 0 Å². The molecule has 0 aliphatic carbocycles. The van der Waals surface area contributed by atoms with E-state index in [1.165, 1.54) is 16.7 Å². The van der Waals surface area contributed by atoms with Gasteiger partial charge in [0.05, 0.1) is 6.20 Å². The third-order valence-corrected chi connectivity index (χ3v) is 6.49. The van der Waals surface area contributed by atoms with Crippen molar-refractivity contribution in [1.82, 2.24) is 19.0 Å². The first-order valence-corrected chi connectivity index (χ1v) is 8.87. The number of carbonyl (C=O) groups is 1. The highest BCUT2D eigenvalue weighted by molar-refractivity contribution is 7.89. The number of sulfonamides is 1. The standard InChI is InChI=1S/C14H24N4O3S/c1-9(2)17-8-13(7-15-17)22(20,21)18-11(4)10(3)16(6)14(19)12(18)5/h7-12H,1-6H3. The minimum absolute atomic E-state index is 0.0758. The zero-order valence-electron chi connectivity index (χ0n) is 13.9. The molecular weight excluding hydrogens is 304 g/mol. The smallest absolute Gasteiger partial charge is 0.247 e. The van der Waals surface area contributed by atoms with Gasteiger partial charge in [-0.05, 0) is 34.6 Å². The summed E-state index contributed by atoms with van der Waals surface area (Å²) >= 11 is 0. The van der Waals surface area contributed by atoms with E-state index in [1.807, 2.05) is 27.7 Å². The first-order valence-electron chi connectivity index (χ1n) is 7.43. The maximum atomic E-state index is 12.9. The second-order valence-corrected chi connectivity index (χ2v) is 8.03. The number of piperazine rings is 1. The van der Waals surface area contributed by atoms with E-state index in [4.69, 9.17) is 0 Å². The topological polar surface area (TPSA) is 75.5 Å². The monoisotopic (exact) mass is 328 g/mol. The zero-order valence-corrected chi connectivity index (χ0v) is 14.7. The number of nitrogens with zero attached hydrogens (tertiary/aromatic N) is 4. The van der Waals surface area contributed by atoms with E-state index in [9.17, 15) is 13.2 Å². The Hall–Kier alpha value is -1.41. The molecule has 2 rings (SSSR count). The number of hydrogen-bond acceptors (Lipinski definition) is 4. The van der Waals surface area contributed by atoms with Crippen LogP contribution >= 0.6 is 0 Å². The molecule has 0 saturated carbocycles. The van der Waals surface area contributed by atoms with Gasteiger partial charge in [-0.1, -0.05) is 0 Å². The molecule has 22 heavy (non-hydrogen) atoms. The molecule has 8 heteroatoms. The van der Waals surface area contributed by atoms with Crippen LogP contribution in [0.1, 0.15) is 40.7 Å². The van der Waals surface area contributed by atoms with E-state index in [0.29, 0.717) is 0 Å². The van der Waals surface area contributed by atoms with Crippen molar-refractivity contribution in [1.29, 1.82) is 0 Å². The Bertz CT molecular complexity index is 667. The summed E-state index contributed by atoms with van der Waals surface area (Å²) in [4.78, 5) is 14.0. The van der Waals surface area contributed by atoms with Crippen molar-refractivity contribution in [3.63, 3.8) is 0 Å². The van der Waals surface area contributed by atoms with Crippen LogP contribution in [0.4, 0.5) is 0 Å². The van der Waals surface area contributed by atoms with Crippen molar-refractivity contribution in [2.45, 2.75) is 63.7 Å². The third kappa shape index (κ3) is 2.54. The molecule has 0 bridgehead atoms. The van der Waals surface area contributed by atoms with Crippen LogP contribution in [0.2, 0.25) is 0 Å². The van der Waals surface area contributed by atoms with Crippen LogP contribution < -0.4 is 0 Å². The van der Waals surface area contributed by atoms with E-state index in [-0.39, 0.29) is 28.9 Å². The van der Waals surface area contributed by atoms with E-state index < -0.39 is 16.1 Å². The van der Waals surface area contributed by atoms with Crippen molar-refractivity contribution in [2.75, 3.05) is 7.05 Å². The molecule has 1 aliphatic heterocycles. The first kappa shape index (κ1) is 17.0. The van der Waals surface area contributed by atoms with Crippen LogP contribution in [0.25, 0.3) is 0 Å². The number of rotatable bonds is 3. The van der Waals surface area contributed by atoms with Crippen molar-refractivity contribution in [3.05, 3.63) is 12.4 Å². The second-order valence-electron chi connectivity index (χ2n) is 6.19. The van der Waals surface area contributed by atoms with Gasteiger partial charge < -0.3 is 4.90 Å². The number of hydrogen-bond donors (Lipinski definition) is 0. The summed E-state index contributed by atoms with van der Waals surface area (Å²) in [6.07, 6.45) is 2.87. The van der Waals surface area contributed by atoms with E-state index >= 15 is 0 Å². The molecule has 0 aromatic carbocycles. The highest BCUT2D eigenvalue weighted by Crippen LogP contribution is 2.28. The van der Waals surface area contributed by atoms with Gasteiger partial charge in [-0.3, -0.25) is 9.48 Å². The minimum Gasteiger partial charge on any atom is -0.340 e. The van der Waals surface area contributed by atoms with E-state index in [1.54, 1.807) is 23.6 Å². The molecule has 1 saturated heterocycles. The van der Waals surface area contributed by atoms with E-state index in [0.717, 1.165) is 0 Å². The quantitative estimate of drug-likeness (QED) is 0.832. The summed E-state index contributed by atoms with van der Waals surface area (Å²) < 4.78 is 28.8. The van der Waals surface area contributed by atoms with Crippen LogP contribution in [0.5, 0.6) is 0 Å². The minimum atomic E-state index is -3.76. The molecule has 3 unspecified atom stereocenters. The van der Waals surface area contributed by atoms with Crippen LogP contribution in [0.15, 0.2) is 17.3 Å². The van der Waals surface area contributed by atoms with Gasteiger partial charge in [0.2, 0.25) is 15.9 Å². The Labute approximate surface area is 131 Å². The van der Waals surface area contributed by atoms with Crippen molar-refractivity contribution in [2.24, 2.45) is 0 Å². The van der Waals surface area contributed by atoms with Crippen LogP contribution in [0, 0.1) is 0 Å². The average molecular weight is 328 g/mol. The maximum Gasteiger partial charge on any atom is 0.247 e. The summed E-state index contributed by atoms with van der Waals surface area (Å²) in [7, 11) is -2.05. The predicted molar refractivity (Wildman–Crippen MR) is 82.8 cm³/mol. The molecule has 1 amide bonds. The van der Waals surface area contributed by atoms with Crippen molar-refractivity contribution >= 4 is 15.9 Å². The fraction of sp³-hybridized carbons (Fsp3) is 0.714. The lowest BCUT2D eigenvalue weighted by Gasteiger charge is -2.45. The molecule has 7 nitrogen and oxygen atoms in total. The molecule has 124 valence electrons. The number of amides is 1. The van der Waals surface area contributed by atoms with Crippen LogP contribution in [-0.4, -0.2) is 58.5 Å². The highest BCUT2D eigenvalue weighted by Gasteiger charge is 2.45. The number of likely N-dealkylation sites (N-methyl/N-ethyl adjacent to an activating group) is 1. The van der Waals surface area contributed by atoms with Crippen molar-refractivity contribution < 1.29 is 13.2 Å². The maximum absolute atomic E-state index is 12.9. The second kappa shape index (κ2) is 5.66. The van der Waals surface area contributed by atoms with Gasteiger partial charge >= 0.3 is 0 Å². The zero-order chi connectivity index (χ0) is 16.8. The summed E-state index contributed by atoms with van der Waals surface area (Å²) in [5.74, 6) is -0.189. The first-order chi connectivity index (χ1) is 10.1. The van der Waals surface area contributed by atoms with Gasteiger partial charge in [0.25, 0.3) is 0 Å². The fourth-order valence-electron chi connectivity index (χ4n) is 2.78. The van der Waals surface area contributed by atoms with Crippen LogP contribution in [-0.2, 0) is 14.8 Å². The Balaban J connectivity index is 2.44. The Kier molecular flexibility index (Phi) is 4.36. The molecular formula is C14H24N4O3S. The molecule has 1 aromatic rings. The molecule has 1 aliphatic rings. The van der Waals surface area contributed by atoms with E-state index in [2.05, 4.69) is 5.10 Å². The lowest BCUT2D eigenvalue weighted by Crippen LogP contribution is -2.64. The van der Waals surface area contributed by atoms with Crippen molar-refractivity contribution in [3.8, 4) is 0 Å². The Morgan fingerprint density at radius 3 is 2.27 bits per heavy atom. The Morgan fingerprint density at radius 2 is 1.77 bits per heavy atom. The molecule has 0 spiro atoms. The van der Waals surface area contributed by atoms with Gasteiger partial charge in [-0.2, -0.15) is 9.40 Å². The summed E-state index contributed by atoms with van der Waals surface area (Å²) in [5, 5.41) is 4.10. The molecule has 0 radical (unpaired) electrons. The number of aromatic nitrogens is 2. The van der Waals surface area contributed by atoms with Gasteiger partial charge in [0, 0.05) is 31.4 Å². The summed E-state index contributed by atoms with van der Waals surface area (Å²) in [5.41, 5.74) is 0. The molecule has 2 heterocycles. The summed E-state index contributed by atoms with van der Waals surface area (Å²) in [6, 6.07) is -1.13. The lowest BCUT2D eigenvalue weighted by molar-refractivity contribution is -0.141. The Morgan fingerprint density at radius 1 is 1.18 bits per heavy atom. The molecule has 1 aromatic heterocycles. The molecule has 3 atom stereocenters. The van der Waals surface area contributed by atoms with Crippen LogP contribution in [0.3, 0.4) is 0 Å². The number of carbonyl (C=O) groups excluding carboxylic acids is 1. The molecule has 1 fully saturated rings. The largest absolute Gasteiger partial charge is 0.340 e. The highest BCUT2D eigenvalue weighted by atomic mass is 32.2. The SMILES string of the molecule is CC1C(C)N(S(=O)(=O)c2cnn(C(C)C)c2)C(C)C(=O)N1C. The fourth-order valence-corrected chi connectivity index (χ4v) is 4.56. The van der Waals surface area contributed by atoms with Gasteiger partial charge in [0.1, 0.15) is 10.9 Å². The normalized spacial score (nSPS) is 27.7. The predicted octanol–water partition coefficient (Wildman–Crippen LogP) is 1.09. The van der Waals surface area contributed by atoms with Gasteiger partial charge in [-0.25, -0.2) is 8.42 Å². The summed E-state index contributed by atoms with van der Waals surface area (Å²) in [6.45, 7) is 9.17. The lowest BCUT2D eigenvalue weighted by atomic mass is 10.0. The van der Waals surface area contributed by atoms with Gasteiger partial charge in [-0.15, -0.1) is 0 Å².